The van der Waals surface area contributed by atoms with Gasteiger partial charge in [0.05, 0.1) is 23.9 Å². The maximum atomic E-state index is 14.0. The van der Waals surface area contributed by atoms with Crippen molar-refractivity contribution in [3.63, 3.8) is 0 Å². The Bertz CT molecular complexity index is 1080. The Balaban J connectivity index is 2.30. The number of nitrogens with zero attached hydrogens (tertiary/aromatic N) is 2. The van der Waals surface area contributed by atoms with E-state index in [1.165, 1.54) is 19.9 Å². The van der Waals surface area contributed by atoms with Crippen molar-refractivity contribution in [1.82, 2.24) is 15.3 Å². The molecule has 178 valence electrons. The number of carbonyl (C=O) groups excluding carboxylic acids is 4. The lowest BCUT2D eigenvalue weighted by Gasteiger charge is -2.23. The maximum Gasteiger partial charge on any atom is 0.408 e. The van der Waals surface area contributed by atoms with Crippen LogP contribution in [0, 0.1) is 18.8 Å². The highest BCUT2D eigenvalue weighted by Gasteiger charge is 2.35. The Morgan fingerprint density at radius 2 is 1.82 bits per heavy atom. The summed E-state index contributed by atoms with van der Waals surface area (Å²) in [5, 5.41) is 2.37. The lowest BCUT2D eigenvalue weighted by atomic mass is 9.91. The first-order valence-corrected chi connectivity index (χ1v) is 10.5. The van der Waals surface area contributed by atoms with Crippen molar-refractivity contribution in [3.8, 4) is 0 Å². The fourth-order valence-corrected chi connectivity index (χ4v) is 3.07. The van der Waals surface area contributed by atoms with E-state index in [2.05, 4.69) is 15.3 Å². The molecular weight excluding hydrogens is 433 g/mol. The van der Waals surface area contributed by atoms with Crippen LogP contribution in [-0.2, 0) is 19.1 Å². The summed E-state index contributed by atoms with van der Waals surface area (Å²) in [5.41, 5.74) is -0.353. The number of halogens is 1. The van der Waals surface area contributed by atoms with E-state index in [-0.39, 0.29) is 23.4 Å². The minimum atomic E-state index is -1.49. The lowest BCUT2D eigenvalue weighted by molar-refractivity contribution is -0.152. The number of fused-ring (bicyclic) bond motifs is 1. The van der Waals surface area contributed by atoms with Gasteiger partial charge in [0.2, 0.25) is 5.95 Å². The molecule has 2 unspecified atom stereocenters. The van der Waals surface area contributed by atoms with Gasteiger partial charge in [-0.1, -0.05) is 6.07 Å². The second-order valence-electron chi connectivity index (χ2n) is 8.48. The van der Waals surface area contributed by atoms with Gasteiger partial charge in [-0.05, 0) is 53.7 Å². The smallest absolute Gasteiger partial charge is 0.408 e. The minimum absolute atomic E-state index is 0.00505. The standard InChI is InChI=1S/C23H28FN3O6/c1-7-32-21(30)15(19(29)12(2)26-22(31)33-23(4,5)6)11-17(28)14-9-8-10-16-18(14)27-20(24)13(3)25-16/h8-10,12,15H,7,11H2,1-6H3,(H,26,31). The first-order valence-electron chi connectivity index (χ1n) is 10.5. The Morgan fingerprint density at radius 3 is 2.42 bits per heavy atom. The predicted molar refractivity (Wildman–Crippen MR) is 117 cm³/mol. The van der Waals surface area contributed by atoms with Crippen molar-refractivity contribution in [3.05, 3.63) is 35.4 Å². The zero-order chi connectivity index (χ0) is 24.9. The molecule has 0 bridgehead atoms. The molecule has 33 heavy (non-hydrogen) atoms. The van der Waals surface area contributed by atoms with Gasteiger partial charge in [0.25, 0.3) is 0 Å². The third-order valence-corrected chi connectivity index (χ3v) is 4.58. The van der Waals surface area contributed by atoms with Crippen LogP contribution in [0.1, 0.15) is 57.1 Å². The van der Waals surface area contributed by atoms with Crippen molar-refractivity contribution in [2.45, 2.75) is 59.6 Å². The molecule has 1 aromatic carbocycles. The first-order chi connectivity index (χ1) is 15.3. The summed E-state index contributed by atoms with van der Waals surface area (Å²) in [5.74, 6) is -4.55. The van der Waals surface area contributed by atoms with Crippen LogP contribution in [0.3, 0.4) is 0 Å². The number of hydrogen-bond donors (Lipinski definition) is 1. The van der Waals surface area contributed by atoms with E-state index in [0.717, 1.165) is 0 Å². The quantitative estimate of drug-likeness (QED) is 0.361. The molecule has 1 N–H and O–H groups in total. The number of carbonyl (C=O) groups is 4. The van der Waals surface area contributed by atoms with Gasteiger partial charge in [-0.2, -0.15) is 4.39 Å². The van der Waals surface area contributed by atoms with Crippen LogP contribution >= 0.6 is 0 Å². The van der Waals surface area contributed by atoms with Crippen LogP contribution < -0.4 is 5.32 Å². The van der Waals surface area contributed by atoms with Gasteiger partial charge in [-0.25, -0.2) is 14.8 Å². The third-order valence-electron chi connectivity index (χ3n) is 4.58. The zero-order valence-electron chi connectivity index (χ0n) is 19.5. The molecule has 0 fully saturated rings. The van der Waals surface area contributed by atoms with E-state index in [9.17, 15) is 23.6 Å². The summed E-state index contributed by atoms with van der Waals surface area (Å²) >= 11 is 0. The first kappa shape index (κ1) is 25.8. The molecule has 0 aliphatic carbocycles. The number of alkyl carbamates (subject to hydrolysis) is 1. The second kappa shape index (κ2) is 10.5. The number of esters is 1. The molecule has 2 atom stereocenters. The van der Waals surface area contributed by atoms with Gasteiger partial charge in [0, 0.05) is 12.0 Å². The number of ketones is 2. The summed E-state index contributed by atoms with van der Waals surface area (Å²) in [4.78, 5) is 58.4. The van der Waals surface area contributed by atoms with Gasteiger partial charge in [0.1, 0.15) is 17.0 Å². The van der Waals surface area contributed by atoms with Crippen LogP contribution in [0.5, 0.6) is 0 Å². The van der Waals surface area contributed by atoms with Crippen molar-refractivity contribution >= 4 is 34.7 Å². The van der Waals surface area contributed by atoms with E-state index >= 15 is 0 Å². The molecule has 1 amide bonds. The summed E-state index contributed by atoms with van der Waals surface area (Å²) < 4.78 is 24.1. The molecule has 0 aliphatic heterocycles. The van der Waals surface area contributed by atoms with Crippen LogP contribution in [0.2, 0.25) is 0 Å². The zero-order valence-corrected chi connectivity index (χ0v) is 19.5. The van der Waals surface area contributed by atoms with E-state index in [4.69, 9.17) is 9.47 Å². The summed E-state index contributed by atoms with van der Waals surface area (Å²) in [7, 11) is 0. The van der Waals surface area contributed by atoms with Crippen LogP contribution in [0.25, 0.3) is 11.0 Å². The van der Waals surface area contributed by atoms with Gasteiger partial charge < -0.3 is 14.8 Å². The number of ether oxygens (including phenoxy) is 2. The van der Waals surface area contributed by atoms with Crippen LogP contribution in [0.4, 0.5) is 9.18 Å². The Labute approximate surface area is 191 Å². The van der Waals surface area contributed by atoms with Crippen molar-refractivity contribution in [2.75, 3.05) is 6.61 Å². The molecule has 0 aliphatic rings. The summed E-state index contributed by atoms with van der Waals surface area (Å²) in [6.07, 6.45) is -1.39. The lowest BCUT2D eigenvalue weighted by Crippen LogP contribution is -2.46. The molecule has 0 radical (unpaired) electrons. The third kappa shape index (κ3) is 6.77. The second-order valence-corrected chi connectivity index (χ2v) is 8.48. The molecule has 2 aromatic rings. The monoisotopic (exact) mass is 461 g/mol. The number of amides is 1. The number of aryl methyl sites for hydroxylation is 1. The summed E-state index contributed by atoms with van der Waals surface area (Å²) in [6, 6.07) is 3.42. The van der Waals surface area contributed by atoms with Crippen LogP contribution in [0.15, 0.2) is 18.2 Å². The normalized spacial score (nSPS) is 13.2. The van der Waals surface area contributed by atoms with E-state index < -0.39 is 53.6 Å². The maximum absolute atomic E-state index is 14.0. The average molecular weight is 461 g/mol. The van der Waals surface area contributed by atoms with Crippen LogP contribution in [-0.4, -0.2) is 51.8 Å². The molecule has 1 aromatic heterocycles. The molecule has 0 saturated carbocycles. The molecule has 0 spiro atoms. The number of aromatic nitrogens is 2. The van der Waals surface area contributed by atoms with E-state index in [1.54, 1.807) is 39.8 Å². The van der Waals surface area contributed by atoms with Gasteiger partial charge in [-0.3, -0.25) is 14.4 Å². The SMILES string of the molecule is CCOC(=O)C(CC(=O)c1cccc2nc(C)c(F)nc12)C(=O)C(C)NC(=O)OC(C)(C)C. The average Bonchev–Trinajstić information content (AvgIpc) is 2.70. The number of nitrogens with one attached hydrogen (secondary N) is 1. The molecule has 0 saturated heterocycles. The molecule has 2 rings (SSSR count). The predicted octanol–water partition coefficient (Wildman–Crippen LogP) is 3.31. The fraction of sp³-hybridized carbons (Fsp3) is 0.478. The minimum Gasteiger partial charge on any atom is -0.465 e. The largest absolute Gasteiger partial charge is 0.465 e. The van der Waals surface area contributed by atoms with Crippen molar-refractivity contribution in [1.29, 1.82) is 0 Å². The molecule has 1 heterocycles. The van der Waals surface area contributed by atoms with Crippen molar-refractivity contribution in [2.24, 2.45) is 5.92 Å². The Kier molecular flexibility index (Phi) is 8.18. The Hall–Kier alpha value is -3.43. The molecule has 10 heteroatoms. The number of Topliss-reactive ketones (excluding diaryl/α,β-unsaturated/α-hetero) is 2. The fourth-order valence-electron chi connectivity index (χ4n) is 3.07. The number of rotatable bonds is 8. The molecule has 9 nitrogen and oxygen atoms in total. The molecular formula is C23H28FN3O6. The van der Waals surface area contributed by atoms with Crippen molar-refractivity contribution < 1.29 is 33.0 Å². The van der Waals surface area contributed by atoms with Gasteiger partial charge in [0.15, 0.2) is 11.6 Å². The highest BCUT2D eigenvalue weighted by molar-refractivity contribution is 6.11. The highest BCUT2D eigenvalue weighted by Crippen LogP contribution is 2.21. The van der Waals surface area contributed by atoms with Gasteiger partial charge in [-0.15, -0.1) is 0 Å². The number of benzene rings is 1. The van der Waals surface area contributed by atoms with Gasteiger partial charge >= 0.3 is 12.1 Å². The van der Waals surface area contributed by atoms with E-state index in [0.29, 0.717) is 5.52 Å². The van der Waals surface area contributed by atoms with E-state index in [1.807, 2.05) is 0 Å². The highest BCUT2D eigenvalue weighted by atomic mass is 19.1. The number of para-hydroxylation sites is 1. The topological polar surface area (TPSA) is 125 Å². The summed E-state index contributed by atoms with van der Waals surface area (Å²) in [6.45, 7) is 9.38. The number of hydrogen-bond acceptors (Lipinski definition) is 8. The Morgan fingerprint density at radius 1 is 1.15 bits per heavy atom.